The molecular formula is C37H42F3N7O2S. The summed E-state index contributed by atoms with van der Waals surface area (Å²) in [6.45, 7) is 11.9. The Balaban J connectivity index is 1.34. The maximum atomic E-state index is 13.8. The lowest BCUT2D eigenvalue weighted by molar-refractivity contribution is -0.141. The molecule has 1 fully saturated rings. The van der Waals surface area contributed by atoms with Gasteiger partial charge in [-0.15, -0.1) is 0 Å². The van der Waals surface area contributed by atoms with Crippen LogP contribution < -0.4 is 19.7 Å². The van der Waals surface area contributed by atoms with Crippen molar-refractivity contribution in [3.8, 4) is 17.3 Å². The zero-order valence-electron chi connectivity index (χ0n) is 28.8. The average molecular weight is 706 g/mol. The summed E-state index contributed by atoms with van der Waals surface area (Å²) in [4.78, 5) is 34.4. The van der Waals surface area contributed by atoms with Crippen molar-refractivity contribution in [3.05, 3.63) is 83.7 Å². The SMILES string of the molecule is CC(C)(C)CCOc1cccc(-c2ccc3c(n2)N2CC(CCC(c4cccc(C(F)(F)F)n4)Nc4cccc(n4)SNC3=O)CC2(C)C)n1. The quantitative estimate of drug-likeness (QED) is 0.197. The highest BCUT2D eigenvalue weighted by molar-refractivity contribution is 7.97. The summed E-state index contributed by atoms with van der Waals surface area (Å²) in [5.41, 5.74) is 0.774. The normalized spacial score (nSPS) is 19.4. The highest BCUT2D eigenvalue weighted by atomic mass is 32.2. The number of carbonyl (C=O) groups excluding carboxylic acids is 1. The number of halogens is 3. The van der Waals surface area contributed by atoms with Crippen LogP contribution in [-0.4, -0.2) is 44.5 Å². The van der Waals surface area contributed by atoms with Gasteiger partial charge in [0.1, 0.15) is 22.4 Å². The molecule has 6 rings (SSSR count). The molecule has 2 N–H and O–H groups in total. The number of nitrogens with zero attached hydrogens (tertiary/aromatic N) is 5. The standard InChI is InChI=1S/C37H42F3N7O2S/c1-35(2,3)19-20-49-31-13-7-10-26(43-31)28-18-16-24-33(44-28)47-22-23(21-36(47,4)5)15-17-27(25-9-6-11-29(41-25)37(38,39)40)42-30-12-8-14-32(45-30)50-46-34(24)48/h6-14,16,18,23,27H,15,17,19-22H2,1-5H3,(H,42,45)(H,46,48). The van der Waals surface area contributed by atoms with Crippen molar-refractivity contribution in [2.45, 2.75) is 83.1 Å². The van der Waals surface area contributed by atoms with Crippen molar-refractivity contribution in [2.75, 3.05) is 23.4 Å². The molecule has 2 aliphatic rings. The molecule has 4 bridgehead atoms. The summed E-state index contributed by atoms with van der Waals surface area (Å²) in [6.07, 6.45) is -1.68. The Bertz CT molecular complexity index is 1850. The first-order valence-electron chi connectivity index (χ1n) is 16.8. The number of pyridine rings is 4. The number of alkyl halides is 3. The average Bonchev–Trinajstić information content (AvgIpc) is 3.37. The molecule has 1 saturated heterocycles. The Morgan fingerprint density at radius 1 is 0.920 bits per heavy atom. The largest absolute Gasteiger partial charge is 0.478 e. The van der Waals surface area contributed by atoms with E-state index in [2.05, 4.69) is 59.5 Å². The van der Waals surface area contributed by atoms with E-state index < -0.39 is 17.9 Å². The van der Waals surface area contributed by atoms with E-state index in [1.807, 2.05) is 18.2 Å². The number of hydrogen-bond acceptors (Lipinski definition) is 9. The fourth-order valence-corrected chi connectivity index (χ4v) is 7.01. The van der Waals surface area contributed by atoms with Crippen molar-refractivity contribution in [3.63, 3.8) is 0 Å². The Kier molecular flexibility index (Phi) is 9.98. The minimum atomic E-state index is -4.56. The van der Waals surface area contributed by atoms with Crippen molar-refractivity contribution < 1.29 is 22.7 Å². The summed E-state index contributed by atoms with van der Waals surface area (Å²) in [5, 5.41) is 3.84. The maximum absolute atomic E-state index is 13.8. The van der Waals surface area contributed by atoms with Gasteiger partial charge in [-0.1, -0.05) is 39.0 Å². The summed E-state index contributed by atoms with van der Waals surface area (Å²) in [7, 11) is 0. The van der Waals surface area contributed by atoms with E-state index in [-0.39, 0.29) is 22.8 Å². The van der Waals surface area contributed by atoms with Crippen LogP contribution >= 0.6 is 11.9 Å². The van der Waals surface area contributed by atoms with Crippen LogP contribution in [0, 0.1) is 11.3 Å². The number of hydrogen-bond donors (Lipinski definition) is 2. The Morgan fingerprint density at radius 3 is 2.46 bits per heavy atom. The van der Waals surface area contributed by atoms with E-state index in [1.54, 1.807) is 36.4 Å². The van der Waals surface area contributed by atoms with Crippen LogP contribution in [0.2, 0.25) is 0 Å². The number of anilines is 2. The van der Waals surface area contributed by atoms with E-state index in [9.17, 15) is 18.0 Å². The van der Waals surface area contributed by atoms with Crippen molar-refractivity contribution in [1.82, 2.24) is 24.7 Å². The zero-order valence-corrected chi connectivity index (χ0v) is 29.7. The third kappa shape index (κ3) is 8.48. The fraction of sp³-hybridized carbons (Fsp3) is 0.432. The van der Waals surface area contributed by atoms with E-state index in [4.69, 9.17) is 14.7 Å². The molecule has 4 aromatic rings. The van der Waals surface area contributed by atoms with Crippen molar-refractivity contribution in [1.29, 1.82) is 0 Å². The molecule has 2 unspecified atom stereocenters. The predicted octanol–water partition coefficient (Wildman–Crippen LogP) is 8.76. The summed E-state index contributed by atoms with van der Waals surface area (Å²) >= 11 is 1.06. The van der Waals surface area contributed by atoms with Crippen molar-refractivity contribution >= 4 is 29.5 Å². The van der Waals surface area contributed by atoms with E-state index in [0.29, 0.717) is 71.2 Å². The smallest absolute Gasteiger partial charge is 0.433 e. The van der Waals surface area contributed by atoms with Gasteiger partial charge in [0.15, 0.2) is 0 Å². The number of rotatable bonds is 5. The fourth-order valence-electron chi connectivity index (χ4n) is 6.41. The molecule has 0 aromatic carbocycles. The first kappa shape index (κ1) is 35.4. The van der Waals surface area contributed by atoms with Gasteiger partial charge in [0.05, 0.1) is 35.3 Å². The molecule has 4 aromatic heterocycles. The third-order valence-corrected chi connectivity index (χ3v) is 9.72. The van der Waals surface area contributed by atoms with Crippen LogP contribution in [0.15, 0.2) is 71.8 Å². The van der Waals surface area contributed by atoms with Gasteiger partial charge in [0.2, 0.25) is 5.88 Å². The van der Waals surface area contributed by atoms with Crippen molar-refractivity contribution in [2.24, 2.45) is 11.3 Å². The molecule has 0 aliphatic carbocycles. The van der Waals surface area contributed by atoms with Gasteiger partial charge < -0.3 is 15.0 Å². The van der Waals surface area contributed by atoms with Crippen LogP contribution in [0.3, 0.4) is 0 Å². The first-order chi connectivity index (χ1) is 23.6. The second-order valence-corrected chi connectivity index (χ2v) is 15.5. The van der Waals surface area contributed by atoms with Crippen LogP contribution in [0.4, 0.5) is 24.8 Å². The molecule has 264 valence electrons. The Morgan fingerprint density at radius 2 is 1.68 bits per heavy atom. The molecule has 0 spiro atoms. The topological polar surface area (TPSA) is 105 Å². The molecule has 13 heteroatoms. The van der Waals surface area contributed by atoms with Crippen LogP contribution in [0.25, 0.3) is 11.4 Å². The second-order valence-electron chi connectivity index (χ2n) is 14.7. The zero-order chi connectivity index (χ0) is 35.7. The second kappa shape index (κ2) is 14.1. The van der Waals surface area contributed by atoms with E-state index >= 15 is 0 Å². The maximum Gasteiger partial charge on any atom is 0.433 e. The first-order valence-corrected chi connectivity index (χ1v) is 17.6. The third-order valence-electron chi connectivity index (χ3n) is 9.00. The summed E-state index contributed by atoms with van der Waals surface area (Å²) < 4.78 is 49.8. The van der Waals surface area contributed by atoms with Crippen LogP contribution in [0.5, 0.6) is 5.88 Å². The summed E-state index contributed by atoms with van der Waals surface area (Å²) in [5.74, 6) is 1.36. The molecule has 9 nitrogen and oxygen atoms in total. The Hall–Kier alpha value is -4.39. The van der Waals surface area contributed by atoms with E-state index in [1.165, 1.54) is 6.07 Å². The van der Waals surface area contributed by atoms with Gasteiger partial charge in [-0.2, -0.15) is 13.2 Å². The lowest BCUT2D eigenvalue weighted by Gasteiger charge is -2.34. The Labute approximate surface area is 295 Å². The molecule has 0 radical (unpaired) electrons. The minimum absolute atomic E-state index is 0.131. The number of aromatic nitrogens is 4. The number of fused-ring (bicyclic) bond motifs is 6. The van der Waals surface area contributed by atoms with Gasteiger partial charge in [0.25, 0.3) is 5.91 Å². The number of nitrogens with one attached hydrogen (secondary N) is 2. The lowest BCUT2D eigenvalue weighted by Crippen LogP contribution is -2.40. The molecule has 2 aliphatic heterocycles. The molecule has 6 heterocycles. The summed E-state index contributed by atoms with van der Waals surface area (Å²) in [6, 6.07) is 17.9. The van der Waals surface area contributed by atoms with Gasteiger partial charge in [-0.25, -0.2) is 19.9 Å². The van der Waals surface area contributed by atoms with Crippen LogP contribution in [0.1, 0.15) is 88.1 Å². The van der Waals surface area contributed by atoms with Gasteiger partial charge in [-0.05, 0) is 93.3 Å². The van der Waals surface area contributed by atoms with Gasteiger partial charge in [-0.3, -0.25) is 9.52 Å². The molecule has 1 amide bonds. The minimum Gasteiger partial charge on any atom is -0.478 e. The number of carbonyl (C=O) groups is 1. The molecule has 0 saturated carbocycles. The predicted molar refractivity (Wildman–Crippen MR) is 189 cm³/mol. The molecular weight excluding hydrogens is 664 g/mol. The lowest BCUT2D eigenvalue weighted by atomic mass is 9.91. The highest BCUT2D eigenvalue weighted by Crippen LogP contribution is 2.41. The van der Waals surface area contributed by atoms with Gasteiger partial charge >= 0.3 is 6.18 Å². The number of ether oxygens (including phenoxy) is 1. The molecule has 50 heavy (non-hydrogen) atoms. The highest BCUT2D eigenvalue weighted by Gasteiger charge is 2.41. The number of amides is 1. The van der Waals surface area contributed by atoms with Crippen LogP contribution in [-0.2, 0) is 6.18 Å². The van der Waals surface area contributed by atoms with E-state index in [0.717, 1.165) is 30.9 Å². The van der Waals surface area contributed by atoms with Gasteiger partial charge in [0, 0.05) is 30.1 Å². The molecule has 2 atom stereocenters. The monoisotopic (exact) mass is 705 g/mol.